The molecular formula is C36H18N8O8. The van der Waals surface area contributed by atoms with E-state index in [-0.39, 0.29) is 67.9 Å². The molecule has 4 aliphatic rings. The smallest absolute Gasteiger partial charge is 0.335 e. The van der Waals surface area contributed by atoms with Crippen molar-refractivity contribution in [1.29, 1.82) is 0 Å². The summed E-state index contributed by atoms with van der Waals surface area (Å²) in [6.07, 6.45) is 0. The number of nitrogens with zero attached hydrogens (tertiary/aromatic N) is 7. The van der Waals surface area contributed by atoms with Gasteiger partial charge in [-0.3, -0.25) is 0 Å². The largest absolute Gasteiger partial charge is 0.481 e. The fourth-order valence-corrected chi connectivity index (χ4v) is 6.27. The van der Waals surface area contributed by atoms with E-state index < -0.39 is 23.9 Å². The van der Waals surface area contributed by atoms with Crippen LogP contribution in [-0.2, 0) is 0 Å². The maximum atomic E-state index is 12.0. The van der Waals surface area contributed by atoms with Gasteiger partial charge in [-0.25, -0.2) is 49.3 Å². The Hall–Kier alpha value is -7.88. The number of H-pyrrole nitrogens is 1. The van der Waals surface area contributed by atoms with Gasteiger partial charge in [0.25, 0.3) is 5.95 Å². The molecule has 9 rings (SSSR count). The maximum absolute atomic E-state index is 12.0. The number of aromatic carboxylic acids is 3. The topological polar surface area (TPSA) is 255 Å². The molecule has 5 heterocycles. The number of carbonyl (C=O) groups is 3. The lowest BCUT2D eigenvalue weighted by atomic mass is 10.0. The summed E-state index contributed by atoms with van der Waals surface area (Å²) in [5.41, 5.74) is 2.20. The summed E-state index contributed by atoms with van der Waals surface area (Å²) in [6.45, 7) is 0. The van der Waals surface area contributed by atoms with Gasteiger partial charge in [0, 0.05) is 43.8 Å². The average molecular weight is 691 g/mol. The molecule has 1 aromatic heterocycles. The minimum Gasteiger partial charge on any atom is -0.481 e. The third-order valence-electron chi connectivity index (χ3n) is 8.76. The second-order valence-electron chi connectivity index (χ2n) is 11.8. The van der Waals surface area contributed by atoms with Crippen molar-refractivity contribution in [1.82, 2.24) is 4.98 Å². The molecule has 0 radical (unpaired) electrons. The van der Waals surface area contributed by atoms with Crippen molar-refractivity contribution in [2.24, 2.45) is 34.9 Å². The Morgan fingerprint density at radius 3 is 1.50 bits per heavy atom. The zero-order valence-corrected chi connectivity index (χ0v) is 26.0. The molecule has 0 spiro atoms. The third kappa shape index (κ3) is 4.62. The number of fused-ring (bicyclic) bond motifs is 16. The normalized spacial score (nSPS) is 14.8. The van der Waals surface area contributed by atoms with Gasteiger partial charge in [0.05, 0.1) is 21.9 Å². The predicted molar refractivity (Wildman–Crippen MR) is 185 cm³/mol. The van der Waals surface area contributed by atoms with Gasteiger partial charge in [0.1, 0.15) is 11.0 Å². The first kappa shape index (κ1) is 30.2. The van der Waals surface area contributed by atoms with Crippen LogP contribution in [0.25, 0.3) is 22.5 Å². The molecular weight excluding hydrogens is 672 g/mol. The lowest BCUT2D eigenvalue weighted by Crippen LogP contribution is -2.20. The molecule has 4 aliphatic heterocycles. The van der Waals surface area contributed by atoms with Gasteiger partial charge < -0.3 is 30.5 Å². The molecule has 16 nitrogen and oxygen atoms in total. The van der Waals surface area contributed by atoms with E-state index in [0.717, 1.165) is 0 Å². The van der Waals surface area contributed by atoms with E-state index in [1.807, 2.05) is 0 Å². The number of benzene rings is 4. The number of aliphatic hydroxyl groups is 2. The number of hydrogen-bond donors (Lipinski definition) is 6. The molecule has 0 amide bonds. The molecule has 0 saturated heterocycles. The SMILES string of the molecule is O=C(O)c1ccc2c(c1)C1=NC3=NC(=NC4=c5ccc(=C(O)O)cc5C(=N4)N=c4[nH]c(c5cc(C(=O)O)ccc45)=NC2=N1)c1cc(C(=O)O)ccc13. The summed E-state index contributed by atoms with van der Waals surface area (Å²) in [7, 11) is 0. The molecule has 0 saturated carbocycles. The number of aliphatic imine (C=N–C) groups is 5. The van der Waals surface area contributed by atoms with Crippen molar-refractivity contribution in [3.63, 3.8) is 0 Å². The Bertz CT molecular complexity index is 3020. The Labute approximate surface area is 287 Å². The lowest BCUT2D eigenvalue weighted by molar-refractivity contribution is 0.0686. The number of rotatable bonds is 3. The maximum Gasteiger partial charge on any atom is 0.335 e. The number of amidine groups is 5. The first-order valence-electron chi connectivity index (χ1n) is 15.3. The van der Waals surface area contributed by atoms with Gasteiger partial charge in [-0.15, -0.1) is 0 Å². The lowest BCUT2D eigenvalue weighted by Gasteiger charge is -2.03. The van der Waals surface area contributed by atoms with E-state index in [1.165, 1.54) is 54.6 Å². The summed E-state index contributed by atoms with van der Waals surface area (Å²) in [4.78, 5) is 72.1. The van der Waals surface area contributed by atoms with Crippen molar-refractivity contribution in [3.8, 4) is 0 Å². The van der Waals surface area contributed by atoms with Crippen molar-refractivity contribution < 1.29 is 39.9 Å². The first-order valence-corrected chi connectivity index (χ1v) is 15.3. The highest BCUT2D eigenvalue weighted by Gasteiger charge is 2.29. The Kier molecular flexibility index (Phi) is 6.28. The zero-order chi connectivity index (χ0) is 36.0. The standard InChI is InChI=1S/C36H18N8O8/c45-33(46)13-1-5-17-21(9-13)29-37-25(17)41-30-22-10-14(34(47)48)2-6-18(22)27(38-30)43-32-24-12-16(36(51)52)4-8-20(24)28(40-32)44-31-23-11-15(35(49)50)3-7-19(23)26(39-31)42-29/h1-12,45-46H,(H,47,48)(H,49,50)(H,51,52)(H,37,38,39,40,41,42,43,44). The zero-order valence-electron chi connectivity index (χ0n) is 26.0. The summed E-state index contributed by atoms with van der Waals surface area (Å²) in [5.74, 6) is -3.88. The highest BCUT2D eigenvalue weighted by atomic mass is 16.5. The number of carboxylic acid groups (broad SMARTS) is 3. The highest BCUT2D eigenvalue weighted by Crippen LogP contribution is 2.28. The van der Waals surface area contributed by atoms with Crippen molar-refractivity contribution in [3.05, 3.63) is 139 Å². The minimum atomic E-state index is -1.18. The van der Waals surface area contributed by atoms with Gasteiger partial charge in [0.2, 0.25) is 0 Å². The quantitative estimate of drug-likeness (QED) is 0.162. The number of nitrogens with one attached hydrogen (secondary N) is 1. The van der Waals surface area contributed by atoms with E-state index >= 15 is 0 Å². The molecule has 0 fully saturated rings. The molecule has 250 valence electrons. The number of hydrogen-bond acceptors (Lipinski definition) is 12. The number of aliphatic hydroxyl groups excluding tert-OH is 1. The van der Waals surface area contributed by atoms with E-state index in [2.05, 4.69) is 20.0 Å². The number of aromatic amines is 1. The summed E-state index contributed by atoms with van der Waals surface area (Å²) in [6, 6.07) is 17.6. The van der Waals surface area contributed by atoms with Gasteiger partial charge in [0.15, 0.2) is 35.0 Å². The molecule has 5 aromatic rings. The predicted octanol–water partition coefficient (Wildman–Crippen LogP) is 1.64. The fraction of sp³-hybridized carbons (Fsp3) is 0. The second kappa shape index (κ2) is 10.8. The van der Waals surface area contributed by atoms with Crippen LogP contribution in [0.5, 0.6) is 0 Å². The molecule has 8 bridgehead atoms. The van der Waals surface area contributed by atoms with E-state index in [4.69, 9.17) is 20.0 Å². The van der Waals surface area contributed by atoms with Crippen LogP contribution in [0, 0.1) is 0 Å². The Morgan fingerprint density at radius 1 is 0.442 bits per heavy atom. The fourth-order valence-electron chi connectivity index (χ4n) is 6.27. The Morgan fingerprint density at radius 2 is 0.923 bits per heavy atom. The average Bonchev–Trinajstić information content (AvgIpc) is 3.85. The van der Waals surface area contributed by atoms with Crippen molar-refractivity contribution in [2.45, 2.75) is 0 Å². The molecule has 16 heteroatoms. The number of carboxylic acids is 3. The summed E-state index contributed by atoms with van der Waals surface area (Å²) < 4.78 is 0. The molecule has 0 aliphatic carbocycles. The minimum absolute atomic E-state index is 0.0186. The molecule has 6 N–H and O–H groups in total. The van der Waals surface area contributed by atoms with Crippen molar-refractivity contribution >= 4 is 69.6 Å². The van der Waals surface area contributed by atoms with Gasteiger partial charge >= 0.3 is 17.9 Å². The van der Waals surface area contributed by atoms with E-state index in [0.29, 0.717) is 43.8 Å². The van der Waals surface area contributed by atoms with Crippen molar-refractivity contribution in [2.75, 3.05) is 0 Å². The highest BCUT2D eigenvalue weighted by molar-refractivity contribution is 6.30. The van der Waals surface area contributed by atoms with E-state index in [9.17, 15) is 39.9 Å². The van der Waals surface area contributed by atoms with Crippen LogP contribution in [0.15, 0.2) is 108 Å². The first-order chi connectivity index (χ1) is 25.0. The van der Waals surface area contributed by atoms with E-state index in [1.54, 1.807) is 18.2 Å². The van der Waals surface area contributed by atoms with Crippen LogP contribution in [0.4, 0.5) is 0 Å². The van der Waals surface area contributed by atoms with Gasteiger partial charge in [-0.1, -0.05) is 0 Å². The van der Waals surface area contributed by atoms with Crippen LogP contribution < -0.4 is 21.4 Å². The molecule has 0 unspecified atom stereocenters. The monoisotopic (exact) mass is 690 g/mol. The molecule has 0 atom stereocenters. The van der Waals surface area contributed by atoms with Gasteiger partial charge in [-0.2, -0.15) is 0 Å². The molecule has 52 heavy (non-hydrogen) atoms. The number of aromatic nitrogens is 1. The Balaban J connectivity index is 1.41. The third-order valence-corrected chi connectivity index (χ3v) is 8.76. The van der Waals surface area contributed by atoms with Crippen LogP contribution in [0.1, 0.15) is 58.9 Å². The van der Waals surface area contributed by atoms with Crippen LogP contribution in [0.2, 0.25) is 0 Å². The summed E-state index contributed by atoms with van der Waals surface area (Å²) in [5, 5.41) is 50.5. The van der Waals surface area contributed by atoms with Crippen LogP contribution in [0.3, 0.4) is 0 Å². The summed E-state index contributed by atoms with van der Waals surface area (Å²) >= 11 is 0. The van der Waals surface area contributed by atoms with Crippen LogP contribution >= 0.6 is 0 Å². The van der Waals surface area contributed by atoms with Crippen LogP contribution in [-0.4, -0.2) is 77.6 Å². The molecule has 4 aromatic carbocycles. The van der Waals surface area contributed by atoms with Gasteiger partial charge in [-0.05, 0) is 72.8 Å². The second-order valence-corrected chi connectivity index (χ2v) is 11.8.